The summed E-state index contributed by atoms with van der Waals surface area (Å²) in [6.45, 7) is 1.70. The van der Waals surface area contributed by atoms with Gasteiger partial charge in [-0.3, -0.25) is 4.79 Å². The van der Waals surface area contributed by atoms with E-state index in [-0.39, 0.29) is 23.7 Å². The van der Waals surface area contributed by atoms with E-state index < -0.39 is 0 Å². The Morgan fingerprint density at radius 2 is 2.00 bits per heavy atom. The lowest BCUT2D eigenvalue weighted by Crippen LogP contribution is -2.07. The van der Waals surface area contributed by atoms with Crippen LogP contribution in [0.5, 0.6) is 5.75 Å². The number of aromatic nitrogens is 2. The van der Waals surface area contributed by atoms with Crippen LogP contribution < -0.4 is 10.2 Å². The molecule has 106 valence electrons. The minimum absolute atomic E-state index is 0.00759. The van der Waals surface area contributed by atoms with E-state index in [0.29, 0.717) is 11.7 Å². The van der Waals surface area contributed by atoms with E-state index in [1.165, 1.54) is 12.3 Å². The van der Waals surface area contributed by atoms with Crippen LogP contribution in [0, 0.1) is 6.92 Å². The van der Waals surface area contributed by atoms with Crippen molar-refractivity contribution in [3.8, 4) is 17.2 Å². The number of aryl methyl sites for hydroxylation is 1. The van der Waals surface area contributed by atoms with Crippen LogP contribution in [0.1, 0.15) is 11.7 Å². The summed E-state index contributed by atoms with van der Waals surface area (Å²) in [5, 5.41) is 7.82. The highest BCUT2D eigenvalue weighted by atomic mass is 16.5. The van der Waals surface area contributed by atoms with Crippen molar-refractivity contribution in [1.82, 2.24) is 10.2 Å². The highest BCUT2D eigenvalue weighted by molar-refractivity contribution is 5.51. The van der Waals surface area contributed by atoms with Gasteiger partial charge in [-0.15, -0.1) is 10.2 Å². The Balaban J connectivity index is 1.72. The molecule has 0 bridgehead atoms. The lowest BCUT2D eigenvalue weighted by molar-refractivity contribution is 0.254. The van der Waals surface area contributed by atoms with E-state index in [1.807, 2.05) is 30.3 Å². The van der Waals surface area contributed by atoms with Crippen molar-refractivity contribution in [3.05, 3.63) is 64.5 Å². The lowest BCUT2D eigenvalue weighted by atomic mass is 10.2. The molecular weight excluding hydrogens is 272 g/mol. The Labute approximate surface area is 120 Å². The Hall–Kier alpha value is -2.89. The molecule has 0 fully saturated rings. The average Bonchev–Trinajstić information content (AvgIpc) is 2.96. The smallest absolute Gasteiger partial charge is 0.254 e. The zero-order chi connectivity index (χ0) is 14.7. The summed E-state index contributed by atoms with van der Waals surface area (Å²) >= 11 is 0. The number of rotatable bonds is 4. The molecule has 0 unspecified atom stereocenters. The first kappa shape index (κ1) is 13.1. The molecule has 6 nitrogen and oxygen atoms in total. The SMILES string of the molecule is Cc1cc(=O)c(OCc2nnc(-c3ccccc3)o2)co1. The van der Waals surface area contributed by atoms with Gasteiger partial charge >= 0.3 is 0 Å². The molecule has 0 spiro atoms. The maximum Gasteiger partial charge on any atom is 0.254 e. The van der Waals surface area contributed by atoms with Crippen molar-refractivity contribution < 1.29 is 13.6 Å². The second-order valence-electron chi connectivity index (χ2n) is 4.37. The van der Waals surface area contributed by atoms with E-state index in [9.17, 15) is 4.79 Å². The third kappa shape index (κ3) is 3.00. The molecule has 0 amide bonds. The molecule has 0 radical (unpaired) electrons. The molecule has 0 saturated carbocycles. The van der Waals surface area contributed by atoms with Gasteiger partial charge in [0, 0.05) is 11.6 Å². The largest absolute Gasteiger partial charge is 0.477 e. The van der Waals surface area contributed by atoms with Crippen LogP contribution in [0.25, 0.3) is 11.5 Å². The molecule has 1 aromatic carbocycles. The summed E-state index contributed by atoms with van der Waals surface area (Å²) in [7, 11) is 0. The summed E-state index contributed by atoms with van der Waals surface area (Å²) in [6, 6.07) is 10.8. The molecule has 0 atom stereocenters. The van der Waals surface area contributed by atoms with Crippen molar-refractivity contribution in [1.29, 1.82) is 0 Å². The second-order valence-corrected chi connectivity index (χ2v) is 4.37. The summed E-state index contributed by atoms with van der Waals surface area (Å²) in [4.78, 5) is 11.6. The van der Waals surface area contributed by atoms with Gasteiger partial charge in [-0.05, 0) is 19.1 Å². The van der Waals surface area contributed by atoms with E-state index in [2.05, 4.69) is 10.2 Å². The zero-order valence-corrected chi connectivity index (χ0v) is 11.3. The highest BCUT2D eigenvalue weighted by Crippen LogP contribution is 2.17. The fourth-order valence-electron chi connectivity index (χ4n) is 1.75. The van der Waals surface area contributed by atoms with E-state index >= 15 is 0 Å². The fraction of sp³-hybridized carbons (Fsp3) is 0.133. The van der Waals surface area contributed by atoms with Gasteiger partial charge in [-0.25, -0.2) is 0 Å². The van der Waals surface area contributed by atoms with E-state index in [4.69, 9.17) is 13.6 Å². The molecule has 3 rings (SSSR count). The maximum atomic E-state index is 11.6. The van der Waals surface area contributed by atoms with Gasteiger partial charge in [-0.2, -0.15) is 0 Å². The summed E-state index contributed by atoms with van der Waals surface area (Å²) in [6.07, 6.45) is 1.27. The van der Waals surface area contributed by atoms with Crippen molar-refractivity contribution in [2.75, 3.05) is 0 Å². The van der Waals surface area contributed by atoms with Crippen LogP contribution in [0.3, 0.4) is 0 Å². The van der Waals surface area contributed by atoms with Crippen LogP contribution in [0.2, 0.25) is 0 Å². The van der Waals surface area contributed by atoms with E-state index in [0.717, 1.165) is 5.56 Å². The molecule has 0 N–H and O–H groups in total. The number of hydrogen-bond acceptors (Lipinski definition) is 6. The number of ether oxygens (including phenoxy) is 1. The second kappa shape index (κ2) is 5.62. The van der Waals surface area contributed by atoms with Crippen LogP contribution in [-0.2, 0) is 6.61 Å². The van der Waals surface area contributed by atoms with Gasteiger partial charge in [0.15, 0.2) is 6.61 Å². The number of benzene rings is 1. The molecule has 0 aliphatic rings. The highest BCUT2D eigenvalue weighted by Gasteiger charge is 2.10. The van der Waals surface area contributed by atoms with Crippen molar-refractivity contribution >= 4 is 0 Å². The molecule has 0 aliphatic carbocycles. The third-order valence-corrected chi connectivity index (χ3v) is 2.77. The monoisotopic (exact) mass is 284 g/mol. The molecule has 2 heterocycles. The maximum absolute atomic E-state index is 11.6. The summed E-state index contributed by atoms with van der Waals surface area (Å²) in [5.74, 6) is 1.33. The van der Waals surface area contributed by atoms with Crippen LogP contribution in [-0.4, -0.2) is 10.2 Å². The lowest BCUT2D eigenvalue weighted by Gasteiger charge is -2.01. The molecule has 0 saturated heterocycles. The quantitative estimate of drug-likeness (QED) is 0.732. The zero-order valence-electron chi connectivity index (χ0n) is 11.3. The third-order valence-electron chi connectivity index (χ3n) is 2.77. The predicted molar refractivity (Wildman–Crippen MR) is 73.8 cm³/mol. The first-order valence-electron chi connectivity index (χ1n) is 6.32. The summed E-state index contributed by atoms with van der Waals surface area (Å²) in [5.41, 5.74) is 0.577. The molecule has 3 aromatic rings. The summed E-state index contributed by atoms with van der Waals surface area (Å²) < 4.78 is 15.9. The minimum atomic E-state index is -0.249. The number of nitrogens with zero attached hydrogens (tertiary/aromatic N) is 2. The van der Waals surface area contributed by atoms with Gasteiger partial charge < -0.3 is 13.6 Å². The molecular formula is C15H12N2O4. The molecule has 0 aliphatic heterocycles. The Bertz CT molecular complexity index is 793. The standard InChI is InChI=1S/C15H12N2O4/c1-10-7-12(18)13(8-19-10)20-9-14-16-17-15(21-14)11-5-3-2-4-6-11/h2-8H,9H2,1H3. The minimum Gasteiger partial charge on any atom is -0.477 e. The van der Waals surface area contributed by atoms with Gasteiger partial charge in [0.1, 0.15) is 12.0 Å². The molecule has 2 aromatic heterocycles. The van der Waals surface area contributed by atoms with Gasteiger partial charge in [0.05, 0.1) is 0 Å². The Morgan fingerprint density at radius 3 is 2.76 bits per heavy atom. The van der Waals surface area contributed by atoms with Crippen LogP contribution in [0.4, 0.5) is 0 Å². The van der Waals surface area contributed by atoms with Gasteiger partial charge in [0.25, 0.3) is 5.89 Å². The van der Waals surface area contributed by atoms with Crippen LogP contribution >= 0.6 is 0 Å². The van der Waals surface area contributed by atoms with Crippen molar-refractivity contribution in [2.24, 2.45) is 0 Å². The average molecular weight is 284 g/mol. The predicted octanol–water partition coefficient (Wildman–Crippen LogP) is 2.58. The topological polar surface area (TPSA) is 78.4 Å². The van der Waals surface area contributed by atoms with Crippen LogP contribution in [0.15, 0.2) is 56.3 Å². The first-order chi connectivity index (χ1) is 10.2. The number of hydrogen-bond donors (Lipinski definition) is 0. The van der Waals surface area contributed by atoms with Crippen molar-refractivity contribution in [3.63, 3.8) is 0 Å². The molecule has 6 heteroatoms. The fourth-order valence-corrected chi connectivity index (χ4v) is 1.75. The van der Waals surface area contributed by atoms with Gasteiger partial charge in [0.2, 0.25) is 17.1 Å². The van der Waals surface area contributed by atoms with Crippen molar-refractivity contribution in [2.45, 2.75) is 13.5 Å². The Morgan fingerprint density at radius 1 is 1.19 bits per heavy atom. The Kier molecular flexibility index (Phi) is 3.51. The molecule has 21 heavy (non-hydrogen) atoms. The first-order valence-corrected chi connectivity index (χ1v) is 6.32. The normalized spacial score (nSPS) is 10.5. The van der Waals surface area contributed by atoms with E-state index in [1.54, 1.807) is 6.92 Å². The van der Waals surface area contributed by atoms with Gasteiger partial charge in [-0.1, -0.05) is 18.2 Å².